The molecule has 0 aliphatic carbocycles. The number of carbonyl (C=O) groups is 1. The Balaban J connectivity index is 1.99. The summed E-state index contributed by atoms with van der Waals surface area (Å²) in [5.74, 6) is -0.707. The molecule has 0 fully saturated rings. The minimum Gasteiger partial charge on any atom is -0.305 e. The van der Waals surface area contributed by atoms with Gasteiger partial charge in [0, 0.05) is 17.8 Å². The first kappa shape index (κ1) is 18.5. The van der Waals surface area contributed by atoms with Gasteiger partial charge in [0.1, 0.15) is 17.3 Å². The number of nitrogens with zero attached hydrogens (tertiary/aromatic N) is 4. The molecule has 0 aliphatic rings. The predicted molar refractivity (Wildman–Crippen MR) is 99.7 cm³/mol. The number of halogens is 1. The number of anilines is 1. The number of rotatable bonds is 5. The van der Waals surface area contributed by atoms with E-state index in [0.717, 1.165) is 6.42 Å². The summed E-state index contributed by atoms with van der Waals surface area (Å²) in [4.78, 5) is 25.0. The molecule has 140 valence electrons. The molecule has 1 unspecified atom stereocenters. The van der Waals surface area contributed by atoms with Crippen molar-refractivity contribution in [3.05, 3.63) is 70.0 Å². The van der Waals surface area contributed by atoms with E-state index in [1.54, 1.807) is 36.0 Å². The average Bonchev–Trinajstić information content (AvgIpc) is 3.10. The van der Waals surface area contributed by atoms with Crippen molar-refractivity contribution >= 4 is 11.7 Å². The average molecular weight is 369 g/mol. The van der Waals surface area contributed by atoms with Crippen molar-refractivity contribution in [2.24, 2.45) is 0 Å². The maximum Gasteiger partial charge on any atom is 0.281 e. The summed E-state index contributed by atoms with van der Waals surface area (Å²) in [5.41, 5.74) is -0.270. The van der Waals surface area contributed by atoms with Gasteiger partial charge in [-0.15, -0.1) is 0 Å². The fourth-order valence-corrected chi connectivity index (χ4v) is 2.69. The number of hydrogen-bond acceptors (Lipinski definition) is 4. The number of aryl methyl sites for hydroxylation is 1. The summed E-state index contributed by atoms with van der Waals surface area (Å²) >= 11 is 0. The SMILES string of the molecule is CCC(C)n1nccc1NC(=O)c1nn(-c2ccccc2F)c(C)cc1=O. The number of para-hydroxylation sites is 1. The lowest BCUT2D eigenvalue weighted by Crippen LogP contribution is -2.28. The van der Waals surface area contributed by atoms with Crippen molar-refractivity contribution in [1.82, 2.24) is 19.6 Å². The third-order valence-corrected chi connectivity index (χ3v) is 4.32. The molecule has 0 radical (unpaired) electrons. The lowest BCUT2D eigenvalue weighted by atomic mass is 10.2. The Morgan fingerprint density at radius 3 is 2.74 bits per heavy atom. The third-order valence-electron chi connectivity index (χ3n) is 4.32. The van der Waals surface area contributed by atoms with Crippen LogP contribution in [-0.4, -0.2) is 25.5 Å². The van der Waals surface area contributed by atoms with E-state index in [-0.39, 0.29) is 17.4 Å². The topological polar surface area (TPSA) is 81.8 Å². The molecule has 2 heterocycles. The second-order valence-electron chi connectivity index (χ2n) is 6.23. The summed E-state index contributed by atoms with van der Waals surface area (Å²) in [5, 5.41) is 11.0. The molecule has 1 atom stereocenters. The van der Waals surface area contributed by atoms with Gasteiger partial charge in [0.15, 0.2) is 5.69 Å². The van der Waals surface area contributed by atoms with Crippen LogP contribution in [0.25, 0.3) is 5.69 Å². The van der Waals surface area contributed by atoms with E-state index >= 15 is 0 Å². The minimum atomic E-state index is -0.671. The second-order valence-corrected chi connectivity index (χ2v) is 6.23. The minimum absolute atomic E-state index is 0.0800. The van der Waals surface area contributed by atoms with Gasteiger partial charge >= 0.3 is 0 Å². The Kier molecular flexibility index (Phi) is 5.16. The predicted octanol–water partition coefficient (Wildman–Crippen LogP) is 3.10. The van der Waals surface area contributed by atoms with Crippen LogP contribution < -0.4 is 10.7 Å². The smallest absolute Gasteiger partial charge is 0.281 e. The van der Waals surface area contributed by atoms with E-state index in [4.69, 9.17) is 0 Å². The Morgan fingerprint density at radius 2 is 2.04 bits per heavy atom. The van der Waals surface area contributed by atoms with Crippen LogP contribution in [0.3, 0.4) is 0 Å². The fraction of sp³-hybridized carbons (Fsp3) is 0.263. The zero-order valence-corrected chi connectivity index (χ0v) is 15.3. The molecule has 2 aromatic heterocycles. The number of amides is 1. The van der Waals surface area contributed by atoms with E-state index in [9.17, 15) is 14.0 Å². The lowest BCUT2D eigenvalue weighted by Gasteiger charge is -2.15. The lowest BCUT2D eigenvalue weighted by molar-refractivity contribution is 0.101. The summed E-state index contributed by atoms with van der Waals surface area (Å²) in [6.07, 6.45) is 2.40. The van der Waals surface area contributed by atoms with Crippen molar-refractivity contribution in [2.45, 2.75) is 33.2 Å². The molecule has 7 nitrogen and oxygen atoms in total. The Hall–Kier alpha value is -3.29. The number of hydrogen-bond donors (Lipinski definition) is 1. The quantitative estimate of drug-likeness (QED) is 0.749. The summed E-state index contributed by atoms with van der Waals surface area (Å²) in [6.45, 7) is 5.60. The molecular weight excluding hydrogens is 349 g/mol. The molecule has 3 aromatic rings. The number of aromatic nitrogens is 4. The Bertz CT molecular complexity index is 1040. The van der Waals surface area contributed by atoms with Gasteiger partial charge in [-0.2, -0.15) is 10.2 Å². The van der Waals surface area contributed by atoms with E-state index in [0.29, 0.717) is 11.5 Å². The molecule has 27 heavy (non-hydrogen) atoms. The highest BCUT2D eigenvalue weighted by Crippen LogP contribution is 2.17. The molecule has 3 rings (SSSR count). The molecule has 1 aromatic carbocycles. The van der Waals surface area contributed by atoms with E-state index in [1.807, 2.05) is 13.8 Å². The zero-order valence-electron chi connectivity index (χ0n) is 15.3. The monoisotopic (exact) mass is 369 g/mol. The highest BCUT2D eigenvalue weighted by Gasteiger charge is 2.19. The van der Waals surface area contributed by atoms with Gasteiger partial charge in [0.2, 0.25) is 5.43 Å². The second kappa shape index (κ2) is 7.53. The number of carbonyl (C=O) groups excluding carboxylic acids is 1. The number of benzene rings is 1. The largest absolute Gasteiger partial charge is 0.305 e. The van der Waals surface area contributed by atoms with Crippen LogP contribution in [0.4, 0.5) is 10.2 Å². The van der Waals surface area contributed by atoms with Gasteiger partial charge < -0.3 is 5.32 Å². The molecule has 1 amide bonds. The molecule has 0 aliphatic heterocycles. The van der Waals surface area contributed by atoms with Gasteiger partial charge in [0.05, 0.1) is 12.2 Å². The molecule has 8 heteroatoms. The van der Waals surface area contributed by atoms with Crippen LogP contribution in [0.15, 0.2) is 47.4 Å². The summed E-state index contributed by atoms with van der Waals surface area (Å²) in [6, 6.07) is 9.02. The maximum atomic E-state index is 14.1. The maximum absolute atomic E-state index is 14.1. The van der Waals surface area contributed by atoms with Gasteiger partial charge in [-0.3, -0.25) is 9.59 Å². The molecule has 1 N–H and O–H groups in total. The van der Waals surface area contributed by atoms with Crippen molar-refractivity contribution in [3.8, 4) is 5.69 Å². The van der Waals surface area contributed by atoms with Crippen LogP contribution in [-0.2, 0) is 0 Å². The summed E-state index contributed by atoms with van der Waals surface area (Å²) in [7, 11) is 0. The highest BCUT2D eigenvalue weighted by atomic mass is 19.1. The van der Waals surface area contributed by atoms with Gasteiger partial charge in [-0.05, 0) is 32.4 Å². The van der Waals surface area contributed by atoms with Crippen molar-refractivity contribution < 1.29 is 9.18 Å². The van der Waals surface area contributed by atoms with E-state index < -0.39 is 17.2 Å². The van der Waals surface area contributed by atoms with Crippen LogP contribution in [0.2, 0.25) is 0 Å². The van der Waals surface area contributed by atoms with Crippen LogP contribution >= 0.6 is 0 Å². The Labute approximate surface area is 155 Å². The van der Waals surface area contributed by atoms with E-state index in [1.165, 1.54) is 22.9 Å². The van der Waals surface area contributed by atoms with Crippen LogP contribution in [0, 0.1) is 12.7 Å². The molecule has 0 bridgehead atoms. The third kappa shape index (κ3) is 3.64. The van der Waals surface area contributed by atoms with Crippen molar-refractivity contribution in [2.75, 3.05) is 5.32 Å². The van der Waals surface area contributed by atoms with Crippen molar-refractivity contribution in [1.29, 1.82) is 0 Å². The van der Waals surface area contributed by atoms with Gasteiger partial charge in [-0.1, -0.05) is 19.1 Å². The first-order valence-electron chi connectivity index (χ1n) is 8.63. The first-order chi connectivity index (χ1) is 12.9. The fourth-order valence-electron chi connectivity index (χ4n) is 2.69. The molecule has 0 spiro atoms. The van der Waals surface area contributed by atoms with Crippen molar-refractivity contribution in [3.63, 3.8) is 0 Å². The molecule has 0 saturated carbocycles. The summed E-state index contributed by atoms with van der Waals surface area (Å²) < 4.78 is 17.0. The van der Waals surface area contributed by atoms with E-state index in [2.05, 4.69) is 15.5 Å². The van der Waals surface area contributed by atoms with Crippen LogP contribution in [0.5, 0.6) is 0 Å². The standard InChI is InChI=1S/C19H20FN5O2/c1-4-12(2)25-17(9-10-21-25)22-19(27)18-16(26)11-13(3)24(23-18)15-8-6-5-7-14(15)20/h5-12H,4H2,1-3H3,(H,22,27). The van der Waals surface area contributed by atoms with Gasteiger partial charge in [-0.25, -0.2) is 13.8 Å². The zero-order chi connectivity index (χ0) is 19.6. The normalized spacial score (nSPS) is 12.0. The molecular formula is C19H20FN5O2. The highest BCUT2D eigenvalue weighted by molar-refractivity contribution is 6.02. The molecule has 0 saturated heterocycles. The van der Waals surface area contributed by atoms with Gasteiger partial charge in [0.25, 0.3) is 5.91 Å². The Morgan fingerprint density at radius 1 is 1.30 bits per heavy atom. The first-order valence-corrected chi connectivity index (χ1v) is 8.63. The number of nitrogens with one attached hydrogen (secondary N) is 1. The van der Waals surface area contributed by atoms with Crippen LogP contribution in [0.1, 0.15) is 42.5 Å².